The first-order chi connectivity index (χ1) is 6.89. The molecule has 0 radical (unpaired) electrons. The molecular weight excluding hydrogens is 190 g/mol. The molecule has 0 aromatic carbocycles. The van der Waals surface area contributed by atoms with Crippen LogP contribution in [0.25, 0.3) is 0 Å². The number of hydrogen-bond acceptors (Lipinski definition) is 2. The van der Waals surface area contributed by atoms with Crippen molar-refractivity contribution in [2.75, 3.05) is 6.54 Å². The maximum Gasteiger partial charge on any atom is 0.303 e. The Bertz CT molecular complexity index is 238. The van der Waals surface area contributed by atoms with Crippen molar-refractivity contribution in [2.24, 2.45) is 5.92 Å². The van der Waals surface area contributed by atoms with Gasteiger partial charge in [0.1, 0.15) is 0 Å². The van der Waals surface area contributed by atoms with Crippen LogP contribution in [0.2, 0.25) is 0 Å². The van der Waals surface area contributed by atoms with E-state index in [0.29, 0.717) is 18.4 Å². The second kappa shape index (κ2) is 4.52. The van der Waals surface area contributed by atoms with Gasteiger partial charge in [-0.2, -0.15) is 0 Å². The first-order valence-electron chi connectivity index (χ1n) is 5.88. The Morgan fingerprint density at radius 1 is 1.60 bits per heavy atom. The van der Waals surface area contributed by atoms with Crippen molar-refractivity contribution in [3.05, 3.63) is 0 Å². The van der Waals surface area contributed by atoms with Crippen LogP contribution in [0.5, 0.6) is 0 Å². The normalized spacial score (nSPS) is 27.9. The summed E-state index contributed by atoms with van der Waals surface area (Å²) >= 11 is 0. The fraction of sp³-hybridized carbons (Fsp3) is 0.917. The van der Waals surface area contributed by atoms with Crippen molar-refractivity contribution >= 4 is 5.97 Å². The summed E-state index contributed by atoms with van der Waals surface area (Å²) in [5, 5.41) is 8.87. The van der Waals surface area contributed by atoms with Gasteiger partial charge in [-0.25, -0.2) is 0 Å². The van der Waals surface area contributed by atoms with Crippen LogP contribution in [0.4, 0.5) is 0 Å². The molecule has 2 unspecified atom stereocenters. The van der Waals surface area contributed by atoms with Gasteiger partial charge in [-0.1, -0.05) is 6.92 Å². The lowest BCUT2D eigenvalue weighted by atomic mass is 9.85. The Hall–Kier alpha value is -0.570. The maximum absolute atomic E-state index is 10.8. The van der Waals surface area contributed by atoms with E-state index in [2.05, 4.69) is 32.6 Å². The lowest BCUT2D eigenvalue weighted by molar-refractivity contribution is -0.138. The second-order valence-electron chi connectivity index (χ2n) is 5.19. The number of nitrogens with zero attached hydrogens (tertiary/aromatic N) is 1. The van der Waals surface area contributed by atoms with Crippen LogP contribution >= 0.6 is 0 Å². The van der Waals surface area contributed by atoms with Crippen molar-refractivity contribution in [3.8, 4) is 0 Å². The van der Waals surface area contributed by atoms with Gasteiger partial charge in [0, 0.05) is 18.0 Å². The molecule has 1 rings (SSSR count). The molecule has 1 fully saturated rings. The zero-order chi connectivity index (χ0) is 11.6. The van der Waals surface area contributed by atoms with Crippen LogP contribution in [-0.4, -0.2) is 34.1 Å². The summed E-state index contributed by atoms with van der Waals surface area (Å²) in [4.78, 5) is 13.2. The van der Waals surface area contributed by atoms with Crippen LogP contribution in [-0.2, 0) is 4.79 Å². The second-order valence-corrected chi connectivity index (χ2v) is 5.19. The number of hydrogen-bond donors (Lipinski definition) is 1. The molecule has 0 bridgehead atoms. The monoisotopic (exact) mass is 213 g/mol. The fourth-order valence-corrected chi connectivity index (χ4v) is 2.74. The average Bonchev–Trinajstić information content (AvgIpc) is 2.41. The molecule has 3 nitrogen and oxygen atoms in total. The third-order valence-corrected chi connectivity index (χ3v) is 4.00. The third kappa shape index (κ3) is 2.51. The van der Waals surface area contributed by atoms with Gasteiger partial charge >= 0.3 is 5.97 Å². The molecule has 1 aliphatic rings. The van der Waals surface area contributed by atoms with Gasteiger partial charge < -0.3 is 5.11 Å². The summed E-state index contributed by atoms with van der Waals surface area (Å²) in [7, 11) is 0. The number of aliphatic carboxylic acids is 1. The van der Waals surface area contributed by atoms with E-state index in [9.17, 15) is 4.79 Å². The molecule has 3 heteroatoms. The molecule has 0 aromatic heterocycles. The third-order valence-electron chi connectivity index (χ3n) is 4.00. The molecule has 0 amide bonds. The van der Waals surface area contributed by atoms with E-state index in [1.807, 2.05) is 0 Å². The first-order valence-corrected chi connectivity index (χ1v) is 5.88. The van der Waals surface area contributed by atoms with E-state index in [1.54, 1.807) is 0 Å². The molecule has 15 heavy (non-hydrogen) atoms. The van der Waals surface area contributed by atoms with Gasteiger partial charge in [-0.3, -0.25) is 9.69 Å². The topological polar surface area (TPSA) is 40.5 Å². The summed E-state index contributed by atoms with van der Waals surface area (Å²) in [5.74, 6) is -0.372. The molecule has 1 saturated heterocycles. The molecule has 0 aliphatic carbocycles. The maximum atomic E-state index is 10.8. The highest BCUT2D eigenvalue weighted by Gasteiger charge is 2.43. The number of likely N-dealkylation sites (tertiary alicyclic amines) is 1. The van der Waals surface area contributed by atoms with E-state index in [1.165, 1.54) is 0 Å². The van der Waals surface area contributed by atoms with Crippen LogP contribution in [0.1, 0.15) is 47.0 Å². The predicted molar refractivity (Wildman–Crippen MR) is 60.9 cm³/mol. The van der Waals surface area contributed by atoms with E-state index in [0.717, 1.165) is 19.4 Å². The number of carboxylic acid groups (broad SMARTS) is 1. The lowest BCUT2D eigenvalue weighted by Gasteiger charge is -2.39. The van der Waals surface area contributed by atoms with E-state index >= 15 is 0 Å². The van der Waals surface area contributed by atoms with Crippen molar-refractivity contribution < 1.29 is 9.90 Å². The Labute approximate surface area is 92.5 Å². The number of carboxylic acids is 1. The summed E-state index contributed by atoms with van der Waals surface area (Å²) < 4.78 is 0. The largest absolute Gasteiger partial charge is 0.481 e. The highest BCUT2D eigenvalue weighted by Crippen LogP contribution is 2.38. The van der Waals surface area contributed by atoms with Gasteiger partial charge in [0.2, 0.25) is 0 Å². The summed E-state index contributed by atoms with van der Waals surface area (Å²) in [6, 6.07) is 0.554. The van der Waals surface area contributed by atoms with Gasteiger partial charge in [-0.15, -0.1) is 0 Å². The van der Waals surface area contributed by atoms with Gasteiger partial charge in [0.05, 0.1) is 0 Å². The van der Waals surface area contributed by atoms with Crippen molar-refractivity contribution in [3.63, 3.8) is 0 Å². The van der Waals surface area contributed by atoms with Crippen LogP contribution in [0, 0.1) is 5.92 Å². The molecular formula is C12H23NO2. The zero-order valence-corrected chi connectivity index (χ0v) is 10.3. The van der Waals surface area contributed by atoms with Gasteiger partial charge in [0.15, 0.2) is 0 Å². The van der Waals surface area contributed by atoms with E-state index < -0.39 is 5.97 Å². The highest BCUT2D eigenvalue weighted by molar-refractivity contribution is 5.67. The molecule has 1 aliphatic heterocycles. The molecule has 2 atom stereocenters. The Balaban J connectivity index is 2.70. The molecule has 88 valence electrons. The Kier molecular flexibility index (Phi) is 3.77. The summed E-state index contributed by atoms with van der Waals surface area (Å²) in [6.45, 7) is 9.82. The highest BCUT2D eigenvalue weighted by atomic mass is 16.4. The zero-order valence-electron chi connectivity index (χ0n) is 10.3. The van der Waals surface area contributed by atoms with Crippen LogP contribution < -0.4 is 0 Å². The predicted octanol–water partition coefficient (Wildman–Crippen LogP) is 2.36. The minimum Gasteiger partial charge on any atom is -0.481 e. The van der Waals surface area contributed by atoms with Crippen LogP contribution in [0.3, 0.4) is 0 Å². The smallest absolute Gasteiger partial charge is 0.303 e. The summed E-state index contributed by atoms with van der Waals surface area (Å²) in [5.41, 5.74) is 0.0355. The van der Waals surface area contributed by atoms with Gasteiger partial charge in [0.25, 0.3) is 0 Å². The quantitative estimate of drug-likeness (QED) is 0.779. The Morgan fingerprint density at radius 2 is 2.20 bits per heavy atom. The van der Waals surface area contributed by atoms with E-state index in [4.69, 9.17) is 5.11 Å². The molecule has 0 spiro atoms. The van der Waals surface area contributed by atoms with Crippen molar-refractivity contribution in [1.29, 1.82) is 0 Å². The van der Waals surface area contributed by atoms with Crippen molar-refractivity contribution in [1.82, 2.24) is 4.90 Å². The number of rotatable bonds is 4. The van der Waals surface area contributed by atoms with Gasteiger partial charge in [-0.05, 0) is 46.1 Å². The Morgan fingerprint density at radius 3 is 2.67 bits per heavy atom. The minimum atomic E-state index is -0.668. The van der Waals surface area contributed by atoms with Crippen molar-refractivity contribution in [2.45, 2.75) is 58.5 Å². The average molecular weight is 213 g/mol. The first kappa shape index (κ1) is 12.5. The molecule has 0 aromatic rings. The number of carbonyl (C=O) groups is 1. The fourth-order valence-electron chi connectivity index (χ4n) is 2.74. The SMILES string of the molecule is CCC(C)N1CCC(CC(=O)O)C1(C)C. The standard InChI is InChI=1S/C12H23NO2/c1-5-9(2)13-7-6-10(8-11(14)15)12(13,3)4/h9-10H,5-8H2,1-4H3,(H,14,15). The van der Waals surface area contributed by atoms with E-state index in [-0.39, 0.29) is 5.54 Å². The molecule has 0 saturated carbocycles. The molecule has 1 N–H and O–H groups in total. The minimum absolute atomic E-state index is 0.0355. The molecule has 1 heterocycles. The van der Waals surface area contributed by atoms with Crippen LogP contribution in [0.15, 0.2) is 0 Å². The summed E-state index contributed by atoms with van der Waals surface area (Å²) in [6.07, 6.45) is 2.45. The lowest BCUT2D eigenvalue weighted by Crippen LogP contribution is -2.47.